The molecule has 0 saturated carbocycles. The van der Waals surface area contributed by atoms with Crippen molar-refractivity contribution < 1.29 is 9.90 Å². The fraction of sp³-hybridized carbons (Fsp3) is 0.333. The van der Waals surface area contributed by atoms with Crippen molar-refractivity contribution in [3.8, 4) is 0 Å². The lowest BCUT2D eigenvalue weighted by atomic mass is 10.7. The van der Waals surface area contributed by atoms with E-state index < -0.39 is 15.5 Å². The van der Waals surface area contributed by atoms with Crippen molar-refractivity contribution in [2.24, 2.45) is 0 Å². The highest BCUT2D eigenvalue weighted by Gasteiger charge is 1.89. The molecule has 0 aromatic heterocycles. The van der Waals surface area contributed by atoms with Gasteiger partial charge in [0.25, 0.3) is 0 Å². The fourth-order valence-electron chi connectivity index (χ4n) is 0.0745. The maximum Gasteiger partial charge on any atom is 0.190 e. The van der Waals surface area contributed by atoms with E-state index >= 15 is 0 Å². The topological polar surface area (TPSA) is 40.5 Å². The Labute approximate surface area is 39.1 Å². The van der Waals surface area contributed by atoms with E-state index in [2.05, 4.69) is 6.58 Å². The van der Waals surface area contributed by atoms with E-state index in [0.29, 0.717) is 0 Å². The van der Waals surface area contributed by atoms with Crippen LogP contribution in [0.2, 0.25) is 0 Å². The molecule has 36 valence electrons. The molecule has 0 heterocycles. The molecule has 1 unspecified atom stereocenters. The first-order chi connectivity index (χ1) is 2.81. The lowest BCUT2D eigenvalue weighted by Gasteiger charge is -1.91. The standard InChI is InChI=1S/C3H8O2Si/c1-2-3(4)6-5/h2-5H,1,6H2. The van der Waals surface area contributed by atoms with Gasteiger partial charge >= 0.3 is 0 Å². The van der Waals surface area contributed by atoms with Gasteiger partial charge < -0.3 is 9.90 Å². The van der Waals surface area contributed by atoms with Crippen LogP contribution in [0.3, 0.4) is 0 Å². The van der Waals surface area contributed by atoms with Crippen LogP contribution in [0.15, 0.2) is 12.7 Å². The largest absolute Gasteiger partial charge is 0.435 e. The molecule has 1 atom stereocenters. The van der Waals surface area contributed by atoms with Crippen LogP contribution in [0.5, 0.6) is 0 Å². The van der Waals surface area contributed by atoms with Crippen LogP contribution >= 0.6 is 0 Å². The van der Waals surface area contributed by atoms with Crippen LogP contribution in [0.25, 0.3) is 0 Å². The summed E-state index contributed by atoms with van der Waals surface area (Å²) in [7, 11) is -1.22. The van der Waals surface area contributed by atoms with Crippen molar-refractivity contribution in [1.82, 2.24) is 0 Å². The molecule has 0 aliphatic rings. The zero-order chi connectivity index (χ0) is 4.99. The average molecular weight is 104 g/mol. The van der Waals surface area contributed by atoms with Gasteiger partial charge in [0.15, 0.2) is 9.76 Å². The SMILES string of the molecule is C=CC(O)[SiH2]O. The Kier molecular flexibility index (Phi) is 3.02. The third-order valence-corrected chi connectivity index (χ3v) is 1.17. The predicted molar refractivity (Wildman–Crippen MR) is 27.0 cm³/mol. The van der Waals surface area contributed by atoms with Crippen LogP contribution in [0, 0.1) is 0 Å². The summed E-state index contributed by atoms with van der Waals surface area (Å²) < 4.78 is 0. The molecular weight excluding hydrogens is 96.1 g/mol. The maximum absolute atomic E-state index is 8.36. The Morgan fingerprint density at radius 3 is 2.33 bits per heavy atom. The van der Waals surface area contributed by atoms with E-state index in [1.165, 1.54) is 6.08 Å². The summed E-state index contributed by atoms with van der Waals surface area (Å²) in [6.07, 6.45) is 1.34. The highest BCUT2D eigenvalue weighted by atomic mass is 28.2. The van der Waals surface area contributed by atoms with Gasteiger partial charge in [0.2, 0.25) is 0 Å². The zero-order valence-corrected chi connectivity index (χ0v) is 4.88. The molecule has 6 heavy (non-hydrogen) atoms. The van der Waals surface area contributed by atoms with Gasteiger partial charge in [-0.25, -0.2) is 0 Å². The Hall–Kier alpha value is -0.123. The third kappa shape index (κ3) is 2.13. The molecule has 0 saturated heterocycles. The van der Waals surface area contributed by atoms with Crippen LogP contribution < -0.4 is 0 Å². The first-order valence-electron chi connectivity index (χ1n) is 1.72. The van der Waals surface area contributed by atoms with Crippen LogP contribution in [0.1, 0.15) is 0 Å². The van der Waals surface area contributed by atoms with Crippen LogP contribution in [0.4, 0.5) is 0 Å². The van der Waals surface area contributed by atoms with Gasteiger partial charge in [-0.1, -0.05) is 6.08 Å². The van der Waals surface area contributed by atoms with Crippen molar-refractivity contribution in [2.45, 2.75) is 5.73 Å². The van der Waals surface area contributed by atoms with Gasteiger partial charge in [0, 0.05) is 0 Å². The van der Waals surface area contributed by atoms with Crippen molar-refractivity contribution in [2.75, 3.05) is 0 Å². The van der Waals surface area contributed by atoms with Crippen molar-refractivity contribution in [3.05, 3.63) is 12.7 Å². The summed E-state index contributed by atoms with van der Waals surface area (Å²) in [5.41, 5.74) is -0.606. The number of aliphatic hydroxyl groups excluding tert-OH is 1. The molecule has 0 aromatic carbocycles. The molecule has 0 amide bonds. The monoisotopic (exact) mass is 104 g/mol. The summed E-state index contributed by atoms with van der Waals surface area (Å²) in [5, 5.41) is 8.36. The zero-order valence-electron chi connectivity index (χ0n) is 3.46. The summed E-state index contributed by atoms with van der Waals surface area (Å²) in [6, 6.07) is 0. The molecule has 0 spiro atoms. The normalized spacial score (nSPS) is 15.7. The van der Waals surface area contributed by atoms with Crippen molar-refractivity contribution >= 4 is 9.76 Å². The van der Waals surface area contributed by atoms with Crippen molar-refractivity contribution in [3.63, 3.8) is 0 Å². The molecule has 0 fully saturated rings. The molecule has 0 rings (SSSR count). The van der Waals surface area contributed by atoms with Crippen LogP contribution in [-0.4, -0.2) is 25.4 Å². The minimum Gasteiger partial charge on any atom is -0.435 e. The molecule has 0 bridgehead atoms. The molecular formula is C3H8O2Si. The molecule has 0 aliphatic heterocycles. The second kappa shape index (κ2) is 3.08. The molecule has 2 N–H and O–H groups in total. The summed E-state index contributed by atoms with van der Waals surface area (Å²) >= 11 is 0. The molecule has 3 heteroatoms. The van der Waals surface area contributed by atoms with E-state index in [9.17, 15) is 0 Å². The molecule has 2 nitrogen and oxygen atoms in total. The van der Waals surface area contributed by atoms with Gasteiger partial charge in [-0.3, -0.25) is 0 Å². The van der Waals surface area contributed by atoms with E-state index in [1.54, 1.807) is 0 Å². The first-order valence-corrected chi connectivity index (χ1v) is 3.17. The quantitative estimate of drug-likeness (QED) is 0.333. The summed E-state index contributed by atoms with van der Waals surface area (Å²) in [5.74, 6) is 0. The van der Waals surface area contributed by atoms with Crippen LogP contribution in [-0.2, 0) is 0 Å². The molecule has 0 aliphatic carbocycles. The predicted octanol–water partition coefficient (Wildman–Crippen LogP) is -1.43. The first kappa shape index (κ1) is 5.88. The Balaban J connectivity index is 2.96. The highest BCUT2D eigenvalue weighted by Crippen LogP contribution is 1.72. The number of aliphatic hydroxyl groups is 1. The van der Waals surface area contributed by atoms with E-state index in [0.717, 1.165) is 0 Å². The number of rotatable bonds is 2. The Bertz CT molecular complexity index is 46.1. The summed E-state index contributed by atoms with van der Waals surface area (Å²) in [6.45, 7) is 3.26. The average Bonchev–Trinajstić information content (AvgIpc) is 1.65. The van der Waals surface area contributed by atoms with Gasteiger partial charge in [-0.05, 0) is 0 Å². The second-order valence-electron chi connectivity index (χ2n) is 0.986. The van der Waals surface area contributed by atoms with E-state index in [4.69, 9.17) is 9.90 Å². The van der Waals surface area contributed by atoms with Gasteiger partial charge in [-0.2, -0.15) is 0 Å². The fourth-order valence-corrected chi connectivity index (χ4v) is 0.224. The molecule has 0 radical (unpaired) electrons. The highest BCUT2D eigenvalue weighted by molar-refractivity contribution is 6.27. The van der Waals surface area contributed by atoms with Crippen molar-refractivity contribution in [1.29, 1.82) is 0 Å². The van der Waals surface area contributed by atoms with Gasteiger partial charge in [0.1, 0.15) is 0 Å². The van der Waals surface area contributed by atoms with Gasteiger partial charge in [0.05, 0.1) is 5.73 Å². The van der Waals surface area contributed by atoms with Gasteiger partial charge in [-0.15, -0.1) is 6.58 Å². The smallest absolute Gasteiger partial charge is 0.190 e. The third-order valence-electron chi connectivity index (χ3n) is 0.459. The lowest BCUT2D eigenvalue weighted by Crippen LogP contribution is -2.10. The molecule has 0 aromatic rings. The maximum atomic E-state index is 8.36. The number of hydrogen-bond donors (Lipinski definition) is 2. The minimum absolute atomic E-state index is 0.606. The minimum atomic E-state index is -1.22. The number of hydrogen-bond acceptors (Lipinski definition) is 2. The van der Waals surface area contributed by atoms with E-state index in [-0.39, 0.29) is 0 Å². The second-order valence-corrected chi connectivity index (χ2v) is 2.19. The Morgan fingerprint density at radius 2 is 2.33 bits per heavy atom. The Morgan fingerprint density at radius 1 is 1.83 bits per heavy atom. The van der Waals surface area contributed by atoms with E-state index in [1.807, 2.05) is 0 Å². The lowest BCUT2D eigenvalue weighted by molar-refractivity contribution is 0.283. The summed E-state index contributed by atoms with van der Waals surface area (Å²) in [4.78, 5) is 8.15.